The van der Waals surface area contributed by atoms with Gasteiger partial charge in [-0.2, -0.15) is 5.26 Å². The van der Waals surface area contributed by atoms with E-state index in [9.17, 15) is 0 Å². The molecule has 0 amide bonds. The molecule has 1 aliphatic carbocycles. The van der Waals surface area contributed by atoms with Crippen LogP contribution in [0.5, 0.6) is 0 Å². The Bertz CT molecular complexity index is 881. The first-order valence-corrected chi connectivity index (χ1v) is 17.9. The molecule has 4 nitrogen and oxygen atoms in total. The zero-order chi connectivity index (χ0) is 20.1. The summed E-state index contributed by atoms with van der Waals surface area (Å²) in [6, 6.07) is 1.93. The topological polar surface area (TPSA) is 68.3 Å². The van der Waals surface area contributed by atoms with E-state index >= 15 is 0 Å². The van der Waals surface area contributed by atoms with Crippen LogP contribution in [-0.2, 0) is 98.0 Å². The van der Waals surface area contributed by atoms with E-state index < -0.39 is 0 Å². The molecule has 0 saturated carbocycles. The summed E-state index contributed by atoms with van der Waals surface area (Å²) in [6.45, 7) is 5.39. The van der Waals surface area contributed by atoms with Crippen LogP contribution < -0.4 is 5.73 Å². The van der Waals surface area contributed by atoms with Gasteiger partial charge in [0.2, 0.25) is 0 Å². The predicted molar refractivity (Wildman–Crippen MR) is 135 cm³/mol. The van der Waals surface area contributed by atoms with Crippen molar-refractivity contribution in [2.45, 2.75) is 45.3 Å². The highest BCUT2D eigenvalue weighted by Gasteiger charge is 2.41. The second-order valence-electron chi connectivity index (χ2n) is 5.20. The summed E-state index contributed by atoms with van der Waals surface area (Å²) < 4.78 is 11.5. The number of thiophene rings is 1. The van der Waals surface area contributed by atoms with E-state index in [-0.39, 0.29) is 5.79 Å². The first-order valence-electron chi connectivity index (χ1n) is 7.80. The Morgan fingerprint density at radius 1 is 1.19 bits per heavy atom. The van der Waals surface area contributed by atoms with Crippen LogP contribution in [0.25, 0.3) is 0 Å². The average Bonchev–Trinajstić information content (AvgIpc) is 3.24. The fraction of sp³-hybridized carbons (Fsp3) is 0.643. The molecule has 152 valence electrons. The number of nitrogens with zero attached hydrogens (tertiary/aromatic N) is 1. The molecule has 1 saturated heterocycles. The SMILES string of the molecule is CCC#N.Cc1c(N)sc2c1CCC1(C2)OCCO1.S=S=S=S=S=S=S=S. The monoisotopic (exact) mass is 536 g/mol. The maximum absolute atomic E-state index is 7.62. The summed E-state index contributed by atoms with van der Waals surface area (Å²) in [4.78, 5) is 1.36. The molecule has 2 aliphatic rings. The van der Waals surface area contributed by atoms with Gasteiger partial charge in [-0.1, -0.05) is 6.92 Å². The third kappa shape index (κ3) is 8.91. The van der Waals surface area contributed by atoms with Crippen molar-refractivity contribution in [1.82, 2.24) is 0 Å². The minimum absolute atomic E-state index is 0.323. The molecule has 1 aromatic heterocycles. The van der Waals surface area contributed by atoms with Gasteiger partial charge in [-0.15, -0.1) is 11.3 Å². The number of nitrogen functional groups attached to an aromatic ring is 1. The molecule has 13 heteroatoms. The van der Waals surface area contributed by atoms with Crippen molar-refractivity contribution in [2.75, 3.05) is 18.9 Å². The quantitative estimate of drug-likeness (QED) is 0.550. The number of fused-ring (bicyclic) bond motifs is 1. The normalized spacial score (nSPS) is 15.6. The van der Waals surface area contributed by atoms with Crippen LogP contribution in [0.4, 0.5) is 5.00 Å². The van der Waals surface area contributed by atoms with Gasteiger partial charge in [-0.05, 0) is 24.5 Å². The summed E-state index contributed by atoms with van der Waals surface area (Å²) in [6.07, 6.45) is 3.51. The number of anilines is 1. The van der Waals surface area contributed by atoms with Gasteiger partial charge in [0, 0.05) is 99.8 Å². The fourth-order valence-electron chi connectivity index (χ4n) is 2.54. The van der Waals surface area contributed by atoms with E-state index in [0.717, 1.165) is 37.5 Å². The van der Waals surface area contributed by atoms with E-state index in [4.69, 9.17) is 20.5 Å². The standard InChI is InChI=1S/C11H15NO2S.C3H5N.S8/c1-7-8-2-3-11(13-4-5-14-11)6-9(8)15-10(7)12;1-2-3-4;1-3-5-7-8-6-4-2/h2-6,12H2,1H3;2H2,1H3;. The Morgan fingerprint density at radius 3 is 2.22 bits per heavy atom. The van der Waals surface area contributed by atoms with Crippen LogP contribution in [0.2, 0.25) is 0 Å². The molecular formula is C14H20N2O2S9. The molecular weight excluding hydrogens is 517 g/mol. The molecule has 1 aliphatic heterocycles. The second kappa shape index (κ2) is 14.6. The molecule has 1 aromatic rings. The number of nitriles is 1. The molecule has 3 rings (SSSR count). The number of ether oxygens (including phenoxy) is 2. The first kappa shape index (κ1) is 25.7. The van der Waals surface area contributed by atoms with E-state index in [1.165, 1.54) is 33.8 Å². The van der Waals surface area contributed by atoms with E-state index in [0.29, 0.717) is 6.42 Å². The van der Waals surface area contributed by atoms with Gasteiger partial charge < -0.3 is 15.2 Å². The van der Waals surface area contributed by atoms with Crippen molar-refractivity contribution in [3.8, 4) is 6.07 Å². The molecule has 0 radical (unpaired) electrons. The van der Waals surface area contributed by atoms with Crippen LogP contribution in [0.3, 0.4) is 0 Å². The maximum Gasteiger partial charge on any atom is 0.173 e. The number of rotatable bonds is 0. The van der Waals surface area contributed by atoms with Crippen LogP contribution in [0, 0.1) is 18.3 Å². The Morgan fingerprint density at radius 2 is 1.74 bits per heavy atom. The Labute approximate surface area is 191 Å². The molecule has 2 N–H and O–H groups in total. The van der Waals surface area contributed by atoms with Gasteiger partial charge in [0.1, 0.15) is 0 Å². The minimum Gasteiger partial charge on any atom is -0.390 e. The maximum atomic E-state index is 7.62. The molecule has 1 spiro atoms. The largest absolute Gasteiger partial charge is 0.390 e. The van der Waals surface area contributed by atoms with E-state index in [1.807, 2.05) is 13.0 Å². The number of nitrogens with two attached hydrogens (primary N) is 1. The van der Waals surface area contributed by atoms with Gasteiger partial charge in [-0.3, -0.25) is 0 Å². The molecule has 1 fully saturated rings. The van der Waals surface area contributed by atoms with Crippen LogP contribution in [-0.4, -0.2) is 19.0 Å². The van der Waals surface area contributed by atoms with Crippen molar-refractivity contribution in [3.63, 3.8) is 0 Å². The van der Waals surface area contributed by atoms with Crippen LogP contribution in [0.1, 0.15) is 35.8 Å². The summed E-state index contributed by atoms with van der Waals surface area (Å²) >= 11 is 10.9. The Balaban J connectivity index is 0.000000259. The zero-order valence-corrected chi connectivity index (χ0v) is 22.1. The van der Waals surface area contributed by atoms with E-state index in [2.05, 4.69) is 29.3 Å². The lowest BCUT2D eigenvalue weighted by Crippen LogP contribution is -2.36. The smallest absolute Gasteiger partial charge is 0.173 e. The molecule has 0 bridgehead atoms. The van der Waals surface area contributed by atoms with Gasteiger partial charge in [0.15, 0.2) is 5.79 Å². The summed E-state index contributed by atoms with van der Waals surface area (Å²) in [5.74, 6) is -0.323. The minimum atomic E-state index is -0.323. The highest BCUT2D eigenvalue weighted by atomic mass is 33.4. The molecule has 0 unspecified atom stereocenters. The van der Waals surface area contributed by atoms with Gasteiger partial charge >= 0.3 is 0 Å². The molecule has 2 heterocycles. The second-order valence-corrected chi connectivity index (χ2v) is 16.9. The lowest BCUT2D eigenvalue weighted by Gasteiger charge is -2.31. The number of hydrogen-bond acceptors (Lipinski definition) is 7. The van der Waals surface area contributed by atoms with Crippen molar-refractivity contribution in [2.24, 2.45) is 0 Å². The zero-order valence-electron chi connectivity index (χ0n) is 14.8. The molecule has 0 atom stereocenters. The lowest BCUT2D eigenvalue weighted by atomic mass is 9.91. The summed E-state index contributed by atoms with van der Waals surface area (Å²) in [7, 11) is 9.12. The first-order chi connectivity index (χ1) is 13.0. The van der Waals surface area contributed by atoms with Crippen molar-refractivity contribution < 1.29 is 9.47 Å². The summed E-state index contributed by atoms with van der Waals surface area (Å²) in [5, 5.41) is 8.58. The van der Waals surface area contributed by atoms with Crippen LogP contribution in [0.15, 0.2) is 0 Å². The van der Waals surface area contributed by atoms with Crippen molar-refractivity contribution >= 4 is 92.0 Å². The van der Waals surface area contributed by atoms with Gasteiger partial charge in [-0.25, -0.2) is 0 Å². The van der Waals surface area contributed by atoms with Crippen LogP contribution >= 0.6 is 11.3 Å². The van der Waals surface area contributed by atoms with Gasteiger partial charge in [0.25, 0.3) is 0 Å². The Kier molecular flexibility index (Phi) is 13.9. The highest BCUT2D eigenvalue weighted by molar-refractivity contribution is 8.70. The summed E-state index contributed by atoms with van der Waals surface area (Å²) in [5.41, 5.74) is 8.64. The van der Waals surface area contributed by atoms with Crippen molar-refractivity contribution in [1.29, 1.82) is 5.26 Å². The fourth-order valence-corrected chi connectivity index (χ4v) is 14.7. The molecule has 0 aromatic carbocycles. The van der Waals surface area contributed by atoms with E-state index in [1.54, 1.807) is 46.9 Å². The van der Waals surface area contributed by atoms with Crippen molar-refractivity contribution in [3.05, 3.63) is 16.0 Å². The predicted octanol–water partition coefficient (Wildman–Crippen LogP) is 2.77. The highest BCUT2D eigenvalue weighted by Crippen LogP contribution is 2.42. The molecule has 27 heavy (non-hydrogen) atoms. The third-order valence-electron chi connectivity index (χ3n) is 3.69. The number of hydrogen-bond donors (Lipinski definition) is 1. The Hall–Kier alpha value is 0.670. The average molecular weight is 537 g/mol. The third-order valence-corrected chi connectivity index (χ3v) is 16.0. The lowest BCUT2D eigenvalue weighted by molar-refractivity contribution is -0.163. The van der Waals surface area contributed by atoms with Gasteiger partial charge in [0.05, 0.1) is 24.3 Å².